The van der Waals surface area contributed by atoms with Crippen LogP contribution in [-0.2, 0) is 12.8 Å². The second-order valence-electron chi connectivity index (χ2n) is 4.20. The molecule has 88 valence electrons. The predicted molar refractivity (Wildman–Crippen MR) is 70.6 cm³/mol. The molecule has 2 rings (SSSR count). The maximum absolute atomic E-state index is 12.9. The quantitative estimate of drug-likeness (QED) is 0.719. The fourth-order valence-corrected chi connectivity index (χ4v) is 2.12. The Kier molecular flexibility index (Phi) is 3.58. The van der Waals surface area contributed by atoms with E-state index in [4.69, 9.17) is 0 Å². The zero-order valence-electron chi connectivity index (χ0n) is 10.3. The Morgan fingerprint density at radius 3 is 1.94 bits per heavy atom. The second-order valence-corrected chi connectivity index (χ2v) is 4.20. The fraction of sp³-hybridized carbons (Fsp3) is 0.250. The summed E-state index contributed by atoms with van der Waals surface area (Å²) in [4.78, 5) is 0. The van der Waals surface area contributed by atoms with Crippen molar-refractivity contribution in [1.82, 2.24) is 0 Å². The van der Waals surface area contributed by atoms with E-state index in [0.717, 1.165) is 18.4 Å². The minimum atomic E-state index is -0.186. The molecule has 0 bridgehead atoms. The van der Waals surface area contributed by atoms with E-state index in [2.05, 4.69) is 32.0 Å². The molecule has 0 spiro atoms. The Labute approximate surface area is 102 Å². The summed E-state index contributed by atoms with van der Waals surface area (Å²) in [7, 11) is 0. The first-order valence-electron chi connectivity index (χ1n) is 6.12. The van der Waals surface area contributed by atoms with Crippen LogP contribution in [0.5, 0.6) is 0 Å². The van der Waals surface area contributed by atoms with Crippen LogP contribution in [0, 0.1) is 5.82 Å². The first-order chi connectivity index (χ1) is 8.24. The van der Waals surface area contributed by atoms with Crippen molar-refractivity contribution in [1.29, 1.82) is 0 Å². The Bertz CT molecular complexity index is 497. The van der Waals surface area contributed by atoms with E-state index in [-0.39, 0.29) is 5.82 Å². The number of benzene rings is 2. The summed E-state index contributed by atoms with van der Waals surface area (Å²) in [5, 5.41) is 0. The maximum atomic E-state index is 12.9. The first-order valence-corrected chi connectivity index (χ1v) is 6.12. The molecule has 17 heavy (non-hydrogen) atoms. The third-order valence-corrected chi connectivity index (χ3v) is 3.15. The van der Waals surface area contributed by atoms with Gasteiger partial charge >= 0.3 is 0 Å². The minimum absolute atomic E-state index is 0.186. The second kappa shape index (κ2) is 5.13. The molecule has 0 fully saturated rings. The van der Waals surface area contributed by atoms with Gasteiger partial charge in [0.25, 0.3) is 0 Å². The van der Waals surface area contributed by atoms with E-state index in [1.807, 2.05) is 12.1 Å². The van der Waals surface area contributed by atoms with Crippen LogP contribution in [0.25, 0.3) is 11.1 Å². The third-order valence-electron chi connectivity index (χ3n) is 3.15. The van der Waals surface area contributed by atoms with Gasteiger partial charge in [0, 0.05) is 0 Å². The number of hydrogen-bond donors (Lipinski definition) is 0. The minimum Gasteiger partial charge on any atom is -0.207 e. The van der Waals surface area contributed by atoms with Crippen LogP contribution < -0.4 is 0 Å². The van der Waals surface area contributed by atoms with E-state index >= 15 is 0 Å². The predicted octanol–water partition coefficient (Wildman–Crippen LogP) is 4.62. The van der Waals surface area contributed by atoms with Crippen molar-refractivity contribution >= 4 is 0 Å². The monoisotopic (exact) mass is 228 g/mol. The Morgan fingerprint density at radius 1 is 0.765 bits per heavy atom. The van der Waals surface area contributed by atoms with E-state index in [9.17, 15) is 4.39 Å². The molecular formula is C16H17F. The molecule has 0 aliphatic rings. The van der Waals surface area contributed by atoms with Crippen LogP contribution in [0.3, 0.4) is 0 Å². The van der Waals surface area contributed by atoms with Crippen molar-refractivity contribution < 1.29 is 4.39 Å². The van der Waals surface area contributed by atoms with E-state index in [1.165, 1.54) is 28.8 Å². The van der Waals surface area contributed by atoms with Gasteiger partial charge in [-0.2, -0.15) is 0 Å². The van der Waals surface area contributed by atoms with E-state index in [1.54, 1.807) is 0 Å². The lowest BCUT2D eigenvalue weighted by Crippen LogP contribution is -1.91. The average Bonchev–Trinajstić information content (AvgIpc) is 2.39. The molecule has 0 aliphatic heterocycles. The molecule has 0 radical (unpaired) electrons. The summed E-state index contributed by atoms with van der Waals surface area (Å²) < 4.78 is 12.9. The molecule has 0 aliphatic carbocycles. The largest absolute Gasteiger partial charge is 0.207 e. The average molecular weight is 228 g/mol. The summed E-state index contributed by atoms with van der Waals surface area (Å²) in [5.74, 6) is -0.186. The highest BCUT2D eigenvalue weighted by atomic mass is 19.1. The molecular weight excluding hydrogens is 211 g/mol. The maximum Gasteiger partial charge on any atom is 0.123 e. The van der Waals surface area contributed by atoms with Gasteiger partial charge in [-0.25, -0.2) is 4.39 Å². The van der Waals surface area contributed by atoms with Gasteiger partial charge in [0.2, 0.25) is 0 Å². The van der Waals surface area contributed by atoms with Gasteiger partial charge in [-0.1, -0.05) is 44.2 Å². The van der Waals surface area contributed by atoms with Gasteiger partial charge in [0.15, 0.2) is 0 Å². The van der Waals surface area contributed by atoms with Crippen molar-refractivity contribution in [3.05, 3.63) is 59.4 Å². The first kappa shape index (κ1) is 11.8. The van der Waals surface area contributed by atoms with Crippen LogP contribution in [-0.4, -0.2) is 0 Å². The lowest BCUT2D eigenvalue weighted by molar-refractivity contribution is 0.628. The van der Waals surface area contributed by atoms with Crippen LogP contribution in [0.1, 0.15) is 25.0 Å². The van der Waals surface area contributed by atoms with Crippen molar-refractivity contribution in [3.8, 4) is 11.1 Å². The van der Waals surface area contributed by atoms with Crippen LogP contribution >= 0.6 is 0 Å². The number of halogens is 1. The molecule has 0 N–H and O–H groups in total. The van der Waals surface area contributed by atoms with Crippen LogP contribution in [0.4, 0.5) is 4.39 Å². The molecule has 0 atom stereocenters. The molecule has 2 aromatic carbocycles. The topological polar surface area (TPSA) is 0 Å². The Hall–Kier alpha value is -1.63. The van der Waals surface area contributed by atoms with Gasteiger partial charge in [0.05, 0.1) is 0 Å². The van der Waals surface area contributed by atoms with Gasteiger partial charge in [0.1, 0.15) is 5.82 Å². The molecule has 0 nitrogen and oxygen atoms in total. The summed E-state index contributed by atoms with van der Waals surface area (Å²) in [6.45, 7) is 4.34. The Morgan fingerprint density at radius 2 is 1.35 bits per heavy atom. The van der Waals surface area contributed by atoms with E-state index < -0.39 is 0 Å². The lowest BCUT2D eigenvalue weighted by Gasteiger charge is -2.09. The molecule has 0 unspecified atom stereocenters. The SMILES string of the molecule is CCc1ccc(-c2ccc(F)cc2)cc1CC. The van der Waals surface area contributed by atoms with Crippen molar-refractivity contribution in [2.24, 2.45) is 0 Å². The molecule has 1 heteroatoms. The Balaban J connectivity index is 2.42. The molecule has 0 heterocycles. The van der Waals surface area contributed by atoms with Crippen molar-refractivity contribution in [2.75, 3.05) is 0 Å². The standard InChI is InChI=1S/C16H17F/c1-3-12-5-6-15(11-13(12)4-2)14-7-9-16(17)10-8-14/h5-11H,3-4H2,1-2H3. The zero-order chi connectivity index (χ0) is 12.3. The lowest BCUT2D eigenvalue weighted by atomic mass is 9.96. The zero-order valence-corrected chi connectivity index (χ0v) is 10.3. The number of hydrogen-bond acceptors (Lipinski definition) is 0. The summed E-state index contributed by atoms with van der Waals surface area (Å²) in [5.41, 5.74) is 5.02. The van der Waals surface area contributed by atoms with Crippen molar-refractivity contribution in [3.63, 3.8) is 0 Å². The van der Waals surface area contributed by atoms with Crippen molar-refractivity contribution in [2.45, 2.75) is 26.7 Å². The van der Waals surface area contributed by atoms with Gasteiger partial charge < -0.3 is 0 Å². The highest BCUT2D eigenvalue weighted by Gasteiger charge is 2.03. The number of aryl methyl sites for hydroxylation is 2. The van der Waals surface area contributed by atoms with Gasteiger partial charge in [-0.3, -0.25) is 0 Å². The molecule has 0 saturated heterocycles. The van der Waals surface area contributed by atoms with Crippen LogP contribution in [0.15, 0.2) is 42.5 Å². The van der Waals surface area contributed by atoms with E-state index in [0.29, 0.717) is 0 Å². The summed E-state index contributed by atoms with van der Waals surface area (Å²) in [6.07, 6.45) is 2.10. The summed E-state index contributed by atoms with van der Waals surface area (Å²) in [6, 6.07) is 13.2. The molecule has 0 aromatic heterocycles. The van der Waals surface area contributed by atoms with Gasteiger partial charge in [-0.15, -0.1) is 0 Å². The normalized spacial score (nSPS) is 10.5. The fourth-order valence-electron chi connectivity index (χ4n) is 2.12. The smallest absolute Gasteiger partial charge is 0.123 e. The van der Waals surface area contributed by atoms with Gasteiger partial charge in [-0.05, 0) is 47.2 Å². The summed E-state index contributed by atoms with van der Waals surface area (Å²) >= 11 is 0. The molecule has 2 aromatic rings. The highest BCUT2D eigenvalue weighted by Crippen LogP contribution is 2.23. The number of rotatable bonds is 3. The highest BCUT2D eigenvalue weighted by molar-refractivity contribution is 5.64. The van der Waals surface area contributed by atoms with Crippen LogP contribution in [0.2, 0.25) is 0 Å². The third kappa shape index (κ3) is 2.55. The molecule has 0 saturated carbocycles. The molecule has 0 amide bonds.